The smallest absolute Gasteiger partial charge is 0.327 e. The molecule has 0 aromatic rings. The van der Waals surface area contributed by atoms with Crippen molar-refractivity contribution in [2.75, 3.05) is 6.54 Å². The van der Waals surface area contributed by atoms with Crippen molar-refractivity contribution in [3.05, 3.63) is 12.2 Å². The number of amides is 1. The monoisotopic (exact) mass is 385 g/mol. The van der Waals surface area contributed by atoms with E-state index in [2.05, 4.69) is 11.8 Å². The van der Waals surface area contributed by atoms with Crippen LogP contribution in [0.5, 0.6) is 0 Å². The van der Waals surface area contributed by atoms with Crippen molar-refractivity contribution >= 4 is 11.9 Å². The first-order valence-corrected chi connectivity index (χ1v) is 9.35. The molecule has 0 aliphatic carbocycles. The van der Waals surface area contributed by atoms with E-state index in [1.165, 1.54) is 12.2 Å². The van der Waals surface area contributed by atoms with Gasteiger partial charge in [0, 0.05) is 25.8 Å². The van der Waals surface area contributed by atoms with E-state index in [1.807, 2.05) is 6.92 Å². The molecule has 1 amide bonds. The Morgan fingerprint density at radius 1 is 1.37 bits per heavy atom. The molecule has 0 aromatic heterocycles. The first-order chi connectivity index (χ1) is 12.7. The lowest BCUT2D eigenvalue weighted by molar-refractivity contribution is -0.148. The largest absolute Gasteiger partial charge is 0.481 e. The minimum absolute atomic E-state index is 0.0879. The molecule has 5 nitrogen and oxygen atoms in total. The summed E-state index contributed by atoms with van der Waals surface area (Å²) in [7, 11) is 0. The molecule has 1 fully saturated rings. The van der Waals surface area contributed by atoms with Crippen molar-refractivity contribution in [3.63, 3.8) is 0 Å². The molecule has 0 radical (unpaired) electrons. The van der Waals surface area contributed by atoms with E-state index < -0.39 is 36.4 Å². The second kappa shape index (κ2) is 11.0. The van der Waals surface area contributed by atoms with Crippen LogP contribution in [0.25, 0.3) is 0 Å². The van der Waals surface area contributed by atoms with Crippen LogP contribution in [0.4, 0.5) is 8.78 Å². The van der Waals surface area contributed by atoms with E-state index in [0.29, 0.717) is 32.1 Å². The Bertz CT molecular complexity index is 595. The van der Waals surface area contributed by atoms with Crippen LogP contribution >= 0.6 is 0 Å². The Balaban J connectivity index is 2.59. The summed E-state index contributed by atoms with van der Waals surface area (Å²) >= 11 is 0. The van der Waals surface area contributed by atoms with Crippen LogP contribution in [0, 0.1) is 17.8 Å². The zero-order chi connectivity index (χ0) is 20.4. The van der Waals surface area contributed by atoms with Gasteiger partial charge in [0.25, 0.3) is 5.91 Å². The van der Waals surface area contributed by atoms with Crippen LogP contribution < -0.4 is 0 Å². The van der Waals surface area contributed by atoms with Gasteiger partial charge in [-0.05, 0) is 25.7 Å². The molecule has 152 valence electrons. The number of likely N-dealkylation sites (tertiary alicyclic amines) is 1. The summed E-state index contributed by atoms with van der Waals surface area (Å²) in [5.41, 5.74) is 0. The van der Waals surface area contributed by atoms with E-state index in [-0.39, 0.29) is 18.9 Å². The van der Waals surface area contributed by atoms with Crippen molar-refractivity contribution in [1.29, 1.82) is 0 Å². The number of rotatable bonds is 11. The molecule has 1 unspecified atom stereocenters. The number of alkyl halides is 2. The molecule has 3 atom stereocenters. The van der Waals surface area contributed by atoms with Gasteiger partial charge in [-0.1, -0.05) is 31.9 Å². The van der Waals surface area contributed by atoms with E-state index in [9.17, 15) is 23.5 Å². The summed E-state index contributed by atoms with van der Waals surface area (Å²) < 4.78 is 27.7. The number of carbonyl (C=O) groups is 2. The number of aliphatic carboxylic acids is 1. The molecule has 0 bridgehead atoms. The lowest BCUT2D eigenvalue weighted by Crippen LogP contribution is -2.36. The van der Waals surface area contributed by atoms with Gasteiger partial charge >= 0.3 is 11.9 Å². The highest BCUT2D eigenvalue weighted by Crippen LogP contribution is 2.34. The Hall–Kier alpha value is -1.94. The lowest BCUT2D eigenvalue weighted by Gasteiger charge is -2.22. The van der Waals surface area contributed by atoms with Gasteiger partial charge in [0.2, 0.25) is 0 Å². The highest BCUT2D eigenvalue weighted by atomic mass is 19.3. The molecule has 27 heavy (non-hydrogen) atoms. The molecule has 1 aliphatic heterocycles. The number of aliphatic hydroxyl groups excluding tert-OH is 1. The predicted octanol–water partition coefficient (Wildman–Crippen LogP) is 3.22. The van der Waals surface area contributed by atoms with E-state index in [1.54, 1.807) is 6.92 Å². The average Bonchev–Trinajstić information content (AvgIpc) is 2.82. The maximum atomic E-state index is 13.8. The zero-order valence-corrected chi connectivity index (χ0v) is 16.0. The number of unbranched alkanes of at least 4 members (excludes halogenated alkanes) is 3. The van der Waals surface area contributed by atoms with E-state index in [0.717, 1.165) is 4.90 Å². The third-order valence-corrected chi connectivity index (χ3v) is 4.69. The SMILES string of the molecule is CC#CC[C@H](C)[C@@H](O)/C=C/C1CC(F)(F)C(=O)N1CCCCCCC(=O)O. The van der Waals surface area contributed by atoms with Crippen molar-refractivity contribution in [3.8, 4) is 11.8 Å². The molecule has 2 N–H and O–H groups in total. The summed E-state index contributed by atoms with van der Waals surface area (Å²) in [4.78, 5) is 23.6. The number of carboxylic acids is 1. The number of halogens is 2. The normalized spacial score (nSPS) is 21.1. The lowest BCUT2D eigenvalue weighted by atomic mass is 10.00. The van der Waals surface area contributed by atoms with Crippen LogP contribution in [-0.4, -0.2) is 51.6 Å². The predicted molar refractivity (Wildman–Crippen MR) is 98.2 cm³/mol. The highest BCUT2D eigenvalue weighted by Gasteiger charge is 2.52. The second-order valence-electron chi connectivity index (χ2n) is 7.02. The first-order valence-electron chi connectivity index (χ1n) is 9.35. The fraction of sp³-hybridized carbons (Fsp3) is 0.700. The number of hydrogen-bond acceptors (Lipinski definition) is 3. The number of carboxylic acid groups (broad SMARTS) is 1. The minimum Gasteiger partial charge on any atom is -0.481 e. The molecule has 0 spiro atoms. The van der Waals surface area contributed by atoms with Crippen molar-refractivity contribution < 1.29 is 28.6 Å². The van der Waals surface area contributed by atoms with Crippen molar-refractivity contribution in [1.82, 2.24) is 4.90 Å². The van der Waals surface area contributed by atoms with Crippen LogP contribution in [0.1, 0.15) is 58.8 Å². The number of aliphatic hydroxyl groups is 1. The zero-order valence-electron chi connectivity index (χ0n) is 16.0. The molecular formula is C20H29F2NO4. The number of carbonyl (C=O) groups excluding carboxylic acids is 1. The molecule has 7 heteroatoms. The first kappa shape index (κ1) is 23.1. The van der Waals surface area contributed by atoms with Gasteiger partial charge in [-0.2, -0.15) is 8.78 Å². The van der Waals surface area contributed by atoms with Gasteiger partial charge in [-0.3, -0.25) is 9.59 Å². The summed E-state index contributed by atoms with van der Waals surface area (Å²) in [6.45, 7) is 3.73. The Morgan fingerprint density at radius 2 is 2.04 bits per heavy atom. The molecule has 1 heterocycles. The van der Waals surface area contributed by atoms with Crippen molar-refractivity contribution in [2.45, 2.75) is 76.9 Å². The van der Waals surface area contributed by atoms with Crippen molar-refractivity contribution in [2.24, 2.45) is 5.92 Å². The molecule has 0 saturated carbocycles. The quantitative estimate of drug-likeness (QED) is 0.325. The third kappa shape index (κ3) is 7.67. The Kier molecular flexibility index (Phi) is 9.44. The van der Waals surface area contributed by atoms with E-state index >= 15 is 0 Å². The van der Waals surface area contributed by atoms with Gasteiger partial charge in [0.15, 0.2) is 0 Å². The molecular weight excluding hydrogens is 356 g/mol. The maximum absolute atomic E-state index is 13.8. The fourth-order valence-corrected chi connectivity index (χ4v) is 2.99. The van der Waals surface area contributed by atoms with E-state index in [4.69, 9.17) is 5.11 Å². The van der Waals surface area contributed by atoms with Gasteiger partial charge < -0.3 is 15.1 Å². The number of hydrogen-bond donors (Lipinski definition) is 2. The highest BCUT2D eigenvalue weighted by molar-refractivity contribution is 5.86. The van der Waals surface area contributed by atoms with Gasteiger partial charge in [-0.15, -0.1) is 11.8 Å². The fourth-order valence-electron chi connectivity index (χ4n) is 2.99. The molecule has 1 rings (SSSR count). The number of nitrogens with zero attached hydrogens (tertiary/aromatic N) is 1. The standard InChI is InChI=1S/C20H29F2NO4/c1-3-4-9-15(2)17(24)12-11-16-14-20(21,22)19(27)23(16)13-8-6-5-7-10-18(25)26/h11-12,15-17,24H,5-10,13-14H2,1-2H3,(H,25,26)/b12-11+/t15-,16?,17-/m0/s1. The summed E-state index contributed by atoms with van der Waals surface area (Å²) in [6.07, 6.45) is 4.58. The topological polar surface area (TPSA) is 77.8 Å². The van der Waals surface area contributed by atoms with Crippen LogP contribution in [0.3, 0.4) is 0 Å². The molecule has 0 aromatic carbocycles. The van der Waals surface area contributed by atoms with Gasteiger partial charge in [0.05, 0.1) is 12.1 Å². The van der Waals surface area contributed by atoms with Gasteiger partial charge in [-0.25, -0.2) is 0 Å². The Labute approximate surface area is 159 Å². The van der Waals surface area contributed by atoms with Gasteiger partial charge in [0.1, 0.15) is 0 Å². The van der Waals surface area contributed by atoms with Crippen LogP contribution in [0.15, 0.2) is 12.2 Å². The summed E-state index contributed by atoms with van der Waals surface area (Å²) in [5.74, 6) is 0.0706. The summed E-state index contributed by atoms with van der Waals surface area (Å²) in [5, 5.41) is 18.7. The minimum atomic E-state index is -3.39. The summed E-state index contributed by atoms with van der Waals surface area (Å²) in [6, 6.07) is -0.745. The van der Waals surface area contributed by atoms with Crippen LogP contribution in [0.2, 0.25) is 0 Å². The molecule has 1 aliphatic rings. The average molecular weight is 385 g/mol. The second-order valence-corrected chi connectivity index (χ2v) is 7.02. The van der Waals surface area contributed by atoms with Crippen LogP contribution in [-0.2, 0) is 9.59 Å². The third-order valence-electron chi connectivity index (χ3n) is 4.69. The molecule has 1 saturated heterocycles. The maximum Gasteiger partial charge on any atom is 0.327 e. The Morgan fingerprint density at radius 3 is 2.67 bits per heavy atom.